The van der Waals surface area contributed by atoms with Gasteiger partial charge in [0.15, 0.2) is 0 Å². The summed E-state index contributed by atoms with van der Waals surface area (Å²) in [5.41, 5.74) is 1.18. The summed E-state index contributed by atoms with van der Waals surface area (Å²) in [7, 11) is 0. The smallest absolute Gasteiger partial charge is 0.222 e. The first-order valence-corrected chi connectivity index (χ1v) is 6.78. The topological polar surface area (TPSA) is 20.3 Å². The Kier molecular flexibility index (Phi) is 7.06. The molecule has 1 aromatic rings. The van der Waals surface area contributed by atoms with Crippen LogP contribution in [-0.2, 0) is 11.2 Å². The third kappa shape index (κ3) is 5.42. The van der Waals surface area contributed by atoms with E-state index in [9.17, 15) is 4.79 Å². The number of nitrogens with zero attached hydrogens (tertiary/aromatic N) is 1. The predicted molar refractivity (Wildman–Crippen MR) is 72.8 cm³/mol. The molecule has 0 aliphatic rings. The molecular formula is C13H17Cl2NO. The van der Waals surface area contributed by atoms with E-state index in [0.717, 1.165) is 6.42 Å². The molecule has 1 rings (SSSR count). The highest BCUT2D eigenvalue weighted by Gasteiger charge is 2.11. The zero-order valence-corrected chi connectivity index (χ0v) is 11.3. The highest BCUT2D eigenvalue weighted by Crippen LogP contribution is 2.05. The molecule has 0 aromatic heterocycles. The van der Waals surface area contributed by atoms with Crippen LogP contribution in [0.15, 0.2) is 30.3 Å². The fraction of sp³-hybridized carbons (Fsp3) is 0.462. The van der Waals surface area contributed by atoms with Gasteiger partial charge in [-0.1, -0.05) is 30.3 Å². The van der Waals surface area contributed by atoms with Gasteiger partial charge in [0, 0.05) is 31.3 Å². The first-order valence-electron chi connectivity index (χ1n) is 5.71. The van der Waals surface area contributed by atoms with Crippen molar-refractivity contribution in [1.82, 2.24) is 4.90 Å². The average Bonchev–Trinajstić information content (AvgIpc) is 2.37. The van der Waals surface area contributed by atoms with Crippen molar-refractivity contribution in [2.45, 2.75) is 12.8 Å². The molecule has 0 N–H and O–H groups in total. The molecular weight excluding hydrogens is 257 g/mol. The Bertz CT molecular complexity index is 323. The fourth-order valence-corrected chi connectivity index (χ4v) is 2.03. The van der Waals surface area contributed by atoms with Crippen molar-refractivity contribution in [3.05, 3.63) is 35.9 Å². The number of halogens is 2. The van der Waals surface area contributed by atoms with E-state index < -0.39 is 0 Å². The second-order valence-electron chi connectivity index (χ2n) is 3.74. The lowest BCUT2D eigenvalue weighted by atomic mass is 10.1. The summed E-state index contributed by atoms with van der Waals surface area (Å²) in [5.74, 6) is 1.03. The van der Waals surface area contributed by atoms with Crippen molar-refractivity contribution >= 4 is 29.1 Å². The largest absolute Gasteiger partial charge is 0.340 e. The highest BCUT2D eigenvalue weighted by molar-refractivity contribution is 6.18. The maximum absolute atomic E-state index is 11.9. The molecule has 2 nitrogen and oxygen atoms in total. The quantitative estimate of drug-likeness (QED) is 0.700. The lowest BCUT2D eigenvalue weighted by Gasteiger charge is -2.20. The van der Waals surface area contributed by atoms with E-state index in [4.69, 9.17) is 23.2 Å². The molecule has 0 radical (unpaired) electrons. The summed E-state index contributed by atoms with van der Waals surface area (Å²) >= 11 is 11.3. The lowest BCUT2D eigenvalue weighted by molar-refractivity contribution is -0.130. The van der Waals surface area contributed by atoms with Crippen LogP contribution in [0.4, 0.5) is 0 Å². The Morgan fingerprint density at radius 2 is 1.65 bits per heavy atom. The Labute approximate surface area is 113 Å². The van der Waals surface area contributed by atoms with Crippen molar-refractivity contribution in [1.29, 1.82) is 0 Å². The van der Waals surface area contributed by atoms with Crippen LogP contribution in [0.2, 0.25) is 0 Å². The van der Waals surface area contributed by atoms with Gasteiger partial charge in [0.1, 0.15) is 0 Å². The van der Waals surface area contributed by atoms with E-state index in [-0.39, 0.29) is 5.91 Å². The van der Waals surface area contributed by atoms with Gasteiger partial charge in [0.05, 0.1) is 0 Å². The highest BCUT2D eigenvalue weighted by atomic mass is 35.5. The number of amides is 1. The van der Waals surface area contributed by atoms with Crippen molar-refractivity contribution in [2.75, 3.05) is 24.8 Å². The molecule has 0 bridgehead atoms. The second kappa shape index (κ2) is 8.37. The standard InChI is InChI=1S/C13H17Cl2NO/c14-8-10-16(11-9-15)13(17)7-6-12-4-2-1-3-5-12/h1-5H,6-11H2. The zero-order chi connectivity index (χ0) is 12.5. The molecule has 1 aromatic carbocycles. The van der Waals surface area contributed by atoms with E-state index in [1.807, 2.05) is 30.3 Å². The third-order valence-electron chi connectivity index (χ3n) is 2.53. The Morgan fingerprint density at radius 1 is 1.06 bits per heavy atom. The number of hydrogen-bond donors (Lipinski definition) is 0. The number of carbonyl (C=O) groups excluding carboxylic acids is 1. The molecule has 1 amide bonds. The van der Waals surface area contributed by atoms with Gasteiger partial charge >= 0.3 is 0 Å². The molecule has 0 fully saturated rings. The third-order valence-corrected chi connectivity index (χ3v) is 2.87. The van der Waals surface area contributed by atoms with Crippen molar-refractivity contribution in [3.63, 3.8) is 0 Å². The van der Waals surface area contributed by atoms with Gasteiger partial charge in [0.2, 0.25) is 5.91 Å². The minimum absolute atomic E-state index is 0.121. The van der Waals surface area contributed by atoms with Crippen LogP contribution >= 0.6 is 23.2 Å². The van der Waals surface area contributed by atoms with E-state index in [0.29, 0.717) is 31.3 Å². The van der Waals surface area contributed by atoms with Crippen LogP contribution in [0, 0.1) is 0 Å². The van der Waals surface area contributed by atoms with E-state index in [1.165, 1.54) is 5.56 Å². The molecule has 0 saturated carbocycles. The summed E-state index contributed by atoms with van der Waals surface area (Å²) in [5, 5.41) is 0. The van der Waals surface area contributed by atoms with Crippen LogP contribution in [0.5, 0.6) is 0 Å². The summed E-state index contributed by atoms with van der Waals surface area (Å²) < 4.78 is 0. The normalized spacial score (nSPS) is 10.2. The van der Waals surface area contributed by atoms with Crippen LogP contribution in [0.1, 0.15) is 12.0 Å². The Hall–Kier alpha value is -0.730. The van der Waals surface area contributed by atoms with Gasteiger partial charge in [0.25, 0.3) is 0 Å². The molecule has 0 aliphatic carbocycles. The van der Waals surface area contributed by atoms with Gasteiger partial charge in [-0.2, -0.15) is 0 Å². The number of carbonyl (C=O) groups is 1. The molecule has 0 aliphatic heterocycles. The van der Waals surface area contributed by atoms with Gasteiger partial charge < -0.3 is 4.90 Å². The number of rotatable bonds is 7. The maximum atomic E-state index is 11.9. The molecule has 94 valence electrons. The number of aryl methyl sites for hydroxylation is 1. The molecule has 0 heterocycles. The van der Waals surface area contributed by atoms with E-state index in [2.05, 4.69) is 0 Å². The van der Waals surface area contributed by atoms with Gasteiger partial charge in [-0.3, -0.25) is 4.79 Å². The maximum Gasteiger partial charge on any atom is 0.222 e. The minimum atomic E-state index is 0.121. The molecule has 0 unspecified atom stereocenters. The first-order chi connectivity index (χ1) is 8.27. The minimum Gasteiger partial charge on any atom is -0.340 e. The number of hydrogen-bond acceptors (Lipinski definition) is 1. The summed E-state index contributed by atoms with van der Waals surface area (Å²) in [4.78, 5) is 13.6. The summed E-state index contributed by atoms with van der Waals surface area (Å²) in [6, 6.07) is 9.99. The fourth-order valence-electron chi connectivity index (χ4n) is 1.62. The molecule has 0 atom stereocenters. The molecule has 0 saturated heterocycles. The van der Waals surface area contributed by atoms with Gasteiger partial charge in [-0.05, 0) is 12.0 Å². The lowest BCUT2D eigenvalue weighted by Crippen LogP contribution is -2.34. The zero-order valence-electron chi connectivity index (χ0n) is 9.74. The Morgan fingerprint density at radius 3 is 2.18 bits per heavy atom. The number of benzene rings is 1. The van der Waals surface area contributed by atoms with Crippen molar-refractivity contribution in [2.24, 2.45) is 0 Å². The molecule has 17 heavy (non-hydrogen) atoms. The average molecular weight is 274 g/mol. The van der Waals surface area contributed by atoms with Crippen LogP contribution in [-0.4, -0.2) is 35.7 Å². The number of alkyl halides is 2. The monoisotopic (exact) mass is 273 g/mol. The summed E-state index contributed by atoms with van der Waals surface area (Å²) in [6.45, 7) is 1.14. The Balaban J connectivity index is 2.41. The van der Waals surface area contributed by atoms with Crippen LogP contribution in [0.3, 0.4) is 0 Å². The first kappa shape index (κ1) is 14.3. The van der Waals surface area contributed by atoms with E-state index in [1.54, 1.807) is 4.90 Å². The van der Waals surface area contributed by atoms with Gasteiger partial charge in [-0.25, -0.2) is 0 Å². The van der Waals surface area contributed by atoms with Crippen LogP contribution in [0.25, 0.3) is 0 Å². The molecule has 0 spiro atoms. The SMILES string of the molecule is O=C(CCc1ccccc1)N(CCCl)CCCl. The van der Waals surface area contributed by atoms with Gasteiger partial charge in [-0.15, -0.1) is 23.2 Å². The predicted octanol–water partition coefficient (Wildman–Crippen LogP) is 2.93. The second-order valence-corrected chi connectivity index (χ2v) is 4.50. The van der Waals surface area contributed by atoms with Crippen LogP contribution < -0.4 is 0 Å². The van der Waals surface area contributed by atoms with Crippen molar-refractivity contribution < 1.29 is 4.79 Å². The van der Waals surface area contributed by atoms with Crippen molar-refractivity contribution in [3.8, 4) is 0 Å². The van der Waals surface area contributed by atoms with E-state index >= 15 is 0 Å². The molecule has 4 heteroatoms. The summed E-state index contributed by atoms with van der Waals surface area (Å²) in [6.07, 6.45) is 1.28.